The van der Waals surface area contributed by atoms with Crippen LogP contribution in [0, 0.1) is 5.92 Å². The van der Waals surface area contributed by atoms with Crippen LogP contribution in [0.4, 0.5) is 11.4 Å². The number of hydrogen-bond acceptors (Lipinski definition) is 7. The van der Waals surface area contributed by atoms with Crippen LogP contribution in [0.3, 0.4) is 0 Å². The number of nitrogens with one attached hydrogen (secondary N) is 1. The number of benzene rings is 2. The molecule has 10 nitrogen and oxygen atoms in total. The van der Waals surface area contributed by atoms with Gasteiger partial charge in [-0.2, -0.15) is 0 Å². The van der Waals surface area contributed by atoms with E-state index in [1.807, 2.05) is 39.8 Å². The second kappa shape index (κ2) is 12.1. The maximum absolute atomic E-state index is 13.0. The SMILES string of the molecule is CON(O)c1ccc(Cl)cc1N1CCC(C(=O)N[C@@H](Cc2cn(Cc3ccccc3)cn2)C(=O)O)CC1. The molecule has 1 fully saturated rings. The number of aliphatic carboxylic acids is 1. The van der Waals surface area contributed by atoms with E-state index in [1.54, 1.807) is 30.7 Å². The summed E-state index contributed by atoms with van der Waals surface area (Å²) in [5.74, 6) is -1.72. The Kier molecular flexibility index (Phi) is 8.65. The van der Waals surface area contributed by atoms with Crippen LogP contribution in [-0.2, 0) is 27.4 Å². The summed E-state index contributed by atoms with van der Waals surface area (Å²) in [7, 11) is 1.35. The summed E-state index contributed by atoms with van der Waals surface area (Å²) in [6, 6.07) is 13.9. The number of aromatic nitrogens is 2. The lowest BCUT2D eigenvalue weighted by molar-refractivity contribution is -0.142. The number of carboxylic acids is 1. The Hall–Kier alpha value is -3.60. The molecule has 0 unspecified atom stereocenters. The van der Waals surface area contributed by atoms with Crippen LogP contribution in [0.15, 0.2) is 61.1 Å². The van der Waals surface area contributed by atoms with Crippen molar-refractivity contribution in [1.29, 1.82) is 0 Å². The zero-order chi connectivity index (χ0) is 26.4. The van der Waals surface area contributed by atoms with Crippen LogP contribution in [0.1, 0.15) is 24.1 Å². The van der Waals surface area contributed by atoms with Crippen LogP contribution in [0.2, 0.25) is 5.02 Å². The Bertz CT molecular complexity index is 1210. The van der Waals surface area contributed by atoms with E-state index in [4.69, 9.17) is 16.4 Å². The third-order valence-electron chi connectivity index (χ3n) is 6.45. The predicted molar refractivity (Wildman–Crippen MR) is 139 cm³/mol. The molecule has 3 N–H and O–H groups in total. The number of anilines is 2. The minimum absolute atomic E-state index is 0.0942. The third-order valence-corrected chi connectivity index (χ3v) is 6.68. The lowest BCUT2D eigenvalue weighted by Gasteiger charge is -2.35. The molecule has 4 rings (SSSR count). The number of carbonyl (C=O) groups is 2. The van der Waals surface area contributed by atoms with Gasteiger partial charge in [0.1, 0.15) is 11.7 Å². The molecule has 11 heteroatoms. The van der Waals surface area contributed by atoms with E-state index in [-0.39, 0.29) is 18.2 Å². The second-order valence-corrected chi connectivity index (χ2v) is 9.41. The first-order valence-corrected chi connectivity index (χ1v) is 12.4. The molecule has 1 amide bonds. The Morgan fingerprint density at radius 1 is 1.22 bits per heavy atom. The Labute approximate surface area is 219 Å². The van der Waals surface area contributed by atoms with Crippen LogP contribution in [0.25, 0.3) is 0 Å². The smallest absolute Gasteiger partial charge is 0.326 e. The molecular formula is C26H30ClN5O5. The summed E-state index contributed by atoms with van der Waals surface area (Å²) in [6.45, 7) is 1.69. The number of rotatable bonds is 10. The van der Waals surface area contributed by atoms with E-state index in [0.717, 1.165) is 5.56 Å². The van der Waals surface area contributed by atoms with Gasteiger partial charge in [-0.25, -0.2) is 9.78 Å². The fraction of sp³-hybridized carbons (Fsp3) is 0.346. The first-order valence-electron chi connectivity index (χ1n) is 12.0. The maximum atomic E-state index is 13.0. The molecule has 2 heterocycles. The second-order valence-electron chi connectivity index (χ2n) is 8.98. The van der Waals surface area contributed by atoms with E-state index in [2.05, 4.69) is 10.3 Å². The standard InChI is InChI=1S/C26H30ClN5O5/c1-37-32(36)23-8-7-20(27)13-24(23)31-11-9-19(10-12-31)25(33)29-22(26(34)35)14-21-16-30(17-28-21)15-18-5-3-2-4-6-18/h2-8,13,16-17,19,22,36H,9-12,14-15H2,1H3,(H,29,33)(H,34,35)/t22-/m0/s1. The number of carboxylic acid groups (broad SMARTS) is 1. The van der Waals surface area contributed by atoms with E-state index >= 15 is 0 Å². The van der Waals surface area contributed by atoms with E-state index in [9.17, 15) is 19.9 Å². The minimum Gasteiger partial charge on any atom is -0.480 e. The Morgan fingerprint density at radius 2 is 1.95 bits per heavy atom. The molecule has 196 valence electrons. The number of hydrogen-bond donors (Lipinski definition) is 3. The Balaban J connectivity index is 1.34. The van der Waals surface area contributed by atoms with Gasteiger partial charge in [0.2, 0.25) is 5.91 Å². The van der Waals surface area contributed by atoms with Gasteiger partial charge < -0.3 is 19.9 Å². The molecule has 1 aliphatic rings. The zero-order valence-corrected chi connectivity index (χ0v) is 21.2. The van der Waals surface area contributed by atoms with Crippen molar-refractivity contribution >= 4 is 34.9 Å². The van der Waals surface area contributed by atoms with Gasteiger partial charge in [0, 0.05) is 43.2 Å². The predicted octanol–water partition coefficient (Wildman–Crippen LogP) is 3.37. The van der Waals surface area contributed by atoms with Crippen molar-refractivity contribution in [3.63, 3.8) is 0 Å². The lowest BCUT2D eigenvalue weighted by Crippen LogP contribution is -2.47. The fourth-order valence-electron chi connectivity index (χ4n) is 4.48. The van der Waals surface area contributed by atoms with Gasteiger partial charge in [-0.15, -0.1) is 5.23 Å². The van der Waals surface area contributed by atoms with E-state index in [1.165, 1.54) is 7.11 Å². The quantitative estimate of drug-likeness (QED) is 0.343. The van der Waals surface area contributed by atoms with Gasteiger partial charge in [-0.3, -0.25) is 14.8 Å². The number of imidazole rings is 1. The number of piperidine rings is 1. The number of halogens is 1. The molecule has 0 aliphatic carbocycles. The molecule has 0 bridgehead atoms. The molecule has 1 aromatic heterocycles. The largest absolute Gasteiger partial charge is 0.480 e. The van der Waals surface area contributed by atoms with Crippen LogP contribution >= 0.6 is 11.6 Å². The molecule has 3 aromatic rings. The third kappa shape index (κ3) is 6.79. The summed E-state index contributed by atoms with van der Waals surface area (Å²) in [6.07, 6.45) is 4.61. The first-order chi connectivity index (χ1) is 17.8. The molecule has 0 saturated carbocycles. The van der Waals surface area contributed by atoms with E-state index in [0.29, 0.717) is 59.8 Å². The minimum atomic E-state index is -1.10. The van der Waals surface area contributed by atoms with Gasteiger partial charge in [0.05, 0.1) is 24.8 Å². The monoisotopic (exact) mass is 527 g/mol. The molecular weight excluding hydrogens is 498 g/mol. The summed E-state index contributed by atoms with van der Waals surface area (Å²) >= 11 is 6.16. The van der Waals surface area contributed by atoms with Gasteiger partial charge in [-0.1, -0.05) is 41.9 Å². The van der Waals surface area contributed by atoms with Gasteiger partial charge in [0.15, 0.2) is 0 Å². The summed E-state index contributed by atoms with van der Waals surface area (Å²) in [5.41, 5.74) is 2.83. The summed E-state index contributed by atoms with van der Waals surface area (Å²) in [5, 5.41) is 23.7. The van der Waals surface area contributed by atoms with Crippen molar-refractivity contribution in [2.75, 3.05) is 30.3 Å². The highest BCUT2D eigenvalue weighted by Gasteiger charge is 2.30. The highest BCUT2D eigenvalue weighted by Crippen LogP contribution is 2.34. The van der Waals surface area contributed by atoms with E-state index < -0.39 is 12.0 Å². The van der Waals surface area contributed by atoms with Crippen molar-refractivity contribution in [2.45, 2.75) is 31.8 Å². The van der Waals surface area contributed by atoms with Crippen molar-refractivity contribution < 1.29 is 24.7 Å². The normalized spacial score (nSPS) is 14.8. The van der Waals surface area contributed by atoms with Gasteiger partial charge >= 0.3 is 5.97 Å². The molecule has 37 heavy (non-hydrogen) atoms. The molecule has 1 atom stereocenters. The summed E-state index contributed by atoms with van der Waals surface area (Å²) in [4.78, 5) is 36.1. The molecule has 1 saturated heterocycles. The van der Waals surface area contributed by atoms with Crippen LogP contribution in [0.5, 0.6) is 0 Å². The zero-order valence-electron chi connectivity index (χ0n) is 20.5. The number of amides is 1. The van der Waals surface area contributed by atoms with Crippen molar-refractivity contribution in [1.82, 2.24) is 14.9 Å². The Morgan fingerprint density at radius 3 is 2.62 bits per heavy atom. The lowest BCUT2D eigenvalue weighted by atomic mass is 9.94. The number of carbonyl (C=O) groups excluding carboxylic acids is 1. The maximum Gasteiger partial charge on any atom is 0.326 e. The van der Waals surface area contributed by atoms with Crippen molar-refractivity contribution in [3.8, 4) is 0 Å². The molecule has 2 aromatic carbocycles. The van der Waals surface area contributed by atoms with Gasteiger partial charge in [-0.05, 0) is 36.6 Å². The van der Waals surface area contributed by atoms with Crippen LogP contribution < -0.4 is 15.4 Å². The fourth-order valence-corrected chi connectivity index (χ4v) is 4.65. The molecule has 1 aliphatic heterocycles. The topological polar surface area (TPSA) is 120 Å². The van der Waals surface area contributed by atoms with Crippen molar-refractivity contribution in [3.05, 3.63) is 77.3 Å². The van der Waals surface area contributed by atoms with Gasteiger partial charge in [0.25, 0.3) is 0 Å². The summed E-state index contributed by atoms with van der Waals surface area (Å²) < 4.78 is 1.89. The average Bonchev–Trinajstić information content (AvgIpc) is 3.35. The molecule has 0 spiro atoms. The first kappa shape index (κ1) is 26.5. The highest BCUT2D eigenvalue weighted by atomic mass is 35.5. The van der Waals surface area contributed by atoms with Crippen LogP contribution in [-0.4, -0.2) is 58.0 Å². The highest BCUT2D eigenvalue weighted by molar-refractivity contribution is 6.31. The van der Waals surface area contributed by atoms with Crippen molar-refractivity contribution in [2.24, 2.45) is 5.92 Å². The molecule has 0 radical (unpaired) electrons. The number of nitrogens with zero attached hydrogens (tertiary/aromatic N) is 4. The average molecular weight is 528 g/mol.